The van der Waals surface area contributed by atoms with Crippen molar-refractivity contribution in [1.82, 2.24) is 4.98 Å². The molecule has 5 nitrogen and oxygen atoms in total. The van der Waals surface area contributed by atoms with Crippen molar-refractivity contribution in [3.05, 3.63) is 66.2 Å². The van der Waals surface area contributed by atoms with Gasteiger partial charge in [0, 0.05) is 29.6 Å². The van der Waals surface area contributed by atoms with Crippen LogP contribution in [-0.4, -0.2) is 22.0 Å². The fourth-order valence-corrected chi connectivity index (χ4v) is 2.58. The lowest BCUT2D eigenvalue weighted by Gasteiger charge is -2.08. The number of aliphatic carboxylic acids is 1. The van der Waals surface area contributed by atoms with E-state index in [0.29, 0.717) is 5.69 Å². The Kier molecular flexibility index (Phi) is 4.57. The molecule has 0 fully saturated rings. The average Bonchev–Trinajstić information content (AvgIpc) is 2.59. The molecule has 0 saturated carbocycles. The number of aromatic nitrogens is 1. The standard InChI is InChI=1S/C20H16N2O3/c1-13(23)21-16-9-6-14(7-10-16)19-12-15(8-11-20(24)25)17-4-2-3-5-18(17)22-19/h2-12H,1H3,(H,21,23)(H,24,25)/b11-8+. The normalized spacial score (nSPS) is 10.9. The molecule has 0 spiro atoms. The van der Waals surface area contributed by atoms with Crippen molar-refractivity contribution in [1.29, 1.82) is 0 Å². The number of carboxylic acids is 1. The molecule has 0 aliphatic heterocycles. The highest BCUT2D eigenvalue weighted by Crippen LogP contribution is 2.26. The fourth-order valence-electron chi connectivity index (χ4n) is 2.58. The molecule has 0 unspecified atom stereocenters. The zero-order valence-electron chi connectivity index (χ0n) is 13.6. The van der Waals surface area contributed by atoms with E-state index in [1.165, 1.54) is 6.92 Å². The van der Waals surface area contributed by atoms with Crippen LogP contribution in [0.5, 0.6) is 0 Å². The van der Waals surface area contributed by atoms with Crippen LogP contribution in [0.15, 0.2) is 60.7 Å². The Hall–Kier alpha value is -3.47. The van der Waals surface area contributed by atoms with Crippen LogP contribution < -0.4 is 5.32 Å². The first-order valence-corrected chi connectivity index (χ1v) is 7.72. The number of pyridine rings is 1. The maximum absolute atomic E-state index is 11.1. The third-order valence-corrected chi connectivity index (χ3v) is 3.65. The third kappa shape index (κ3) is 3.90. The average molecular weight is 332 g/mol. The summed E-state index contributed by atoms with van der Waals surface area (Å²) in [6.45, 7) is 1.46. The van der Waals surface area contributed by atoms with Crippen LogP contribution in [0.2, 0.25) is 0 Å². The van der Waals surface area contributed by atoms with Crippen molar-refractivity contribution in [2.24, 2.45) is 0 Å². The lowest BCUT2D eigenvalue weighted by atomic mass is 10.0. The van der Waals surface area contributed by atoms with Gasteiger partial charge >= 0.3 is 5.97 Å². The summed E-state index contributed by atoms with van der Waals surface area (Å²) in [6, 6.07) is 16.8. The van der Waals surface area contributed by atoms with Gasteiger partial charge in [-0.25, -0.2) is 9.78 Å². The molecule has 2 aromatic carbocycles. The highest BCUT2D eigenvalue weighted by atomic mass is 16.4. The van der Waals surface area contributed by atoms with Crippen molar-refractivity contribution < 1.29 is 14.7 Å². The number of carbonyl (C=O) groups excluding carboxylic acids is 1. The van der Waals surface area contributed by atoms with E-state index in [2.05, 4.69) is 10.3 Å². The highest BCUT2D eigenvalue weighted by Gasteiger charge is 2.07. The van der Waals surface area contributed by atoms with Crippen LogP contribution >= 0.6 is 0 Å². The molecule has 0 radical (unpaired) electrons. The van der Waals surface area contributed by atoms with E-state index >= 15 is 0 Å². The van der Waals surface area contributed by atoms with Gasteiger partial charge in [0.25, 0.3) is 0 Å². The number of anilines is 1. The number of nitrogens with one attached hydrogen (secondary N) is 1. The molecule has 25 heavy (non-hydrogen) atoms. The van der Waals surface area contributed by atoms with Crippen LogP contribution in [0.1, 0.15) is 12.5 Å². The monoisotopic (exact) mass is 332 g/mol. The van der Waals surface area contributed by atoms with E-state index < -0.39 is 5.97 Å². The molecule has 124 valence electrons. The number of rotatable bonds is 4. The summed E-state index contributed by atoms with van der Waals surface area (Å²) in [5.74, 6) is -1.13. The number of amides is 1. The molecule has 3 aromatic rings. The van der Waals surface area contributed by atoms with Gasteiger partial charge in [0.15, 0.2) is 0 Å². The number of fused-ring (bicyclic) bond motifs is 1. The minimum Gasteiger partial charge on any atom is -0.478 e. The number of para-hydroxylation sites is 1. The Morgan fingerprint density at radius 2 is 1.80 bits per heavy atom. The van der Waals surface area contributed by atoms with E-state index in [4.69, 9.17) is 5.11 Å². The predicted molar refractivity (Wildman–Crippen MR) is 98.2 cm³/mol. The highest BCUT2D eigenvalue weighted by molar-refractivity contribution is 5.94. The molecule has 3 rings (SSSR count). The van der Waals surface area contributed by atoms with E-state index in [-0.39, 0.29) is 5.91 Å². The Bertz CT molecular complexity index is 976. The minimum atomic E-state index is -0.998. The van der Waals surface area contributed by atoms with Crippen molar-refractivity contribution >= 4 is 34.5 Å². The summed E-state index contributed by atoms with van der Waals surface area (Å²) in [5.41, 5.74) is 3.90. The summed E-state index contributed by atoms with van der Waals surface area (Å²) < 4.78 is 0. The van der Waals surface area contributed by atoms with Gasteiger partial charge in [0.05, 0.1) is 11.2 Å². The summed E-state index contributed by atoms with van der Waals surface area (Å²) in [5, 5.41) is 12.5. The molecule has 1 aromatic heterocycles. The van der Waals surface area contributed by atoms with Crippen molar-refractivity contribution in [2.45, 2.75) is 6.92 Å². The van der Waals surface area contributed by atoms with Crippen LogP contribution in [0.25, 0.3) is 28.2 Å². The molecular weight excluding hydrogens is 316 g/mol. The van der Waals surface area contributed by atoms with E-state index in [9.17, 15) is 9.59 Å². The number of carboxylic acid groups (broad SMARTS) is 1. The zero-order valence-corrected chi connectivity index (χ0v) is 13.6. The van der Waals surface area contributed by atoms with Crippen LogP contribution in [0, 0.1) is 0 Å². The SMILES string of the molecule is CC(=O)Nc1ccc(-c2cc(/C=C/C(=O)O)c3ccccc3n2)cc1. The maximum Gasteiger partial charge on any atom is 0.328 e. The molecule has 2 N–H and O–H groups in total. The molecular formula is C20H16N2O3. The van der Waals surface area contributed by atoms with E-state index in [0.717, 1.165) is 33.8 Å². The first-order valence-electron chi connectivity index (χ1n) is 7.72. The zero-order chi connectivity index (χ0) is 17.8. The first-order chi connectivity index (χ1) is 12.0. The second kappa shape index (κ2) is 6.97. The maximum atomic E-state index is 11.1. The lowest BCUT2D eigenvalue weighted by molar-refractivity contribution is -0.131. The molecule has 0 atom stereocenters. The molecule has 0 saturated heterocycles. The minimum absolute atomic E-state index is 0.127. The number of carbonyl (C=O) groups is 2. The van der Waals surface area contributed by atoms with Gasteiger partial charge in [0.2, 0.25) is 5.91 Å². The number of hydrogen-bond acceptors (Lipinski definition) is 3. The topological polar surface area (TPSA) is 79.3 Å². The second-order valence-corrected chi connectivity index (χ2v) is 5.54. The Morgan fingerprint density at radius 3 is 2.48 bits per heavy atom. The van der Waals surface area contributed by atoms with Gasteiger partial charge < -0.3 is 10.4 Å². The fraction of sp³-hybridized carbons (Fsp3) is 0.0500. The molecule has 1 amide bonds. The number of hydrogen-bond donors (Lipinski definition) is 2. The molecule has 5 heteroatoms. The van der Waals surface area contributed by atoms with Gasteiger partial charge in [-0.05, 0) is 35.9 Å². The van der Waals surface area contributed by atoms with E-state index in [1.807, 2.05) is 42.5 Å². The van der Waals surface area contributed by atoms with Crippen LogP contribution in [-0.2, 0) is 9.59 Å². The smallest absolute Gasteiger partial charge is 0.328 e. The number of nitrogens with zero attached hydrogens (tertiary/aromatic N) is 1. The summed E-state index contributed by atoms with van der Waals surface area (Å²) in [4.78, 5) is 26.6. The van der Waals surface area contributed by atoms with Gasteiger partial charge in [0.1, 0.15) is 0 Å². The molecule has 1 heterocycles. The number of benzene rings is 2. The Balaban J connectivity index is 2.07. The molecule has 0 bridgehead atoms. The van der Waals surface area contributed by atoms with Gasteiger partial charge in [-0.3, -0.25) is 4.79 Å². The summed E-state index contributed by atoms with van der Waals surface area (Å²) >= 11 is 0. The third-order valence-electron chi connectivity index (χ3n) is 3.65. The van der Waals surface area contributed by atoms with Gasteiger partial charge in [-0.15, -0.1) is 0 Å². The first kappa shape index (κ1) is 16.4. The van der Waals surface area contributed by atoms with E-state index in [1.54, 1.807) is 18.2 Å². The Morgan fingerprint density at radius 1 is 1.08 bits per heavy atom. The molecule has 0 aliphatic rings. The van der Waals surface area contributed by atoms with Crippen LogP contribution in [0.3, 0.4) is 0 Å². The largest absolute Gasteiger partial charge is 0.478 e. The van der Waals surface area contributed by atoms with Gasteiger partial charge in [-0.1, -0.05) is 30.3 Å². The second-order valence-electron chi connectivity index (χ2n) is 5.54. The van der Waals surface area contributed by atoms with Crippen LogP contribution in [0.4, 0.5) is 5.69 Å². The van der Waals surface area contributed by atoms with Gasteiger partial charge in [-0.2, -0.15) is 0 Å². The predicted octanol–water partition coefficient (Wildman–Crippen LogP) is 3.96. The van der Waals surface area contributed by atoms with Crippen molar-refractivity contribution in [3.63, 3.8) is 0 Å². The quantitative estimate of drug-likeness (QED) is 0.709. The lowest BCUT2D eigenvalue weighted by Crippen LogP contribution is -2.05. The van der Waals surface area contributed by atoms with Crippen molar-refractivity contribution in [2.75, 3.05) is 5.32 Å². The summed E-state index contributed by atoms with van der Waals surface area (Å²) in [7, 11) is 0. The summed E-state index contributed by atoms with van der Waals surface area (Å²) in [6.07, 6.45) is 2.69. The Labute approximate surface area is 144 Å². The molecule has 0 aliphatic carbocycles. The van der Waals surface area contributed by atoms with Crippen molar-refractivity contribution in [3.8, 4) is 11.3 Å².